The number of benzene rings is 1. The number of alkyl halides is 1. The zero-order valence-electron chi connectivity index (χ0n) is 5.94. The molecule has 0 heterocycles. The Hall–Kier alpha value is 0.110. The molecule has 0 saturated carbocycles. The maximum Gasteiger partial charge on any atom is 0.137 e. The van der Waals surface area contributed by atoms with Crippen molar-refractivity contribution >= 4 is 31.9 Å². The smallest absolute Gasteiger partial charge is 0.137 e. The van der Waals surface area contributed by atoms with Crippen LogP contribution in [0, 0.1) is 5.82 Å². The molecular formula is C8H7Br2F. The van der Waals surface area contributed by atoms with Gasteiger partial charge in [0.15, 0.2) is 0 Å². The zero-order valence-corrected chi connectivity index (χ0v) is 9.12. The summed E-state index contributed by atoms with van der Waals surface area (Å²) in [6.07, 6.45) is 0. The van der Waals surface area contributed by atoms with Gasteiger partial charge in [-0.3, -0.25) is 0 Å². The molecule has 11 heavy (non-hydrogen) atoms. The van der Waals surface area contributed by atoms with Crippen LogP contribution in [-0.2, 0) is 0 Å². The topological polar surface area (TPSA) is 0 Å². The number of hydrogen-bond donors (Lipinski definition) is 0. The summed E-state index contributed by atoms with van der Waals surface area (Å²) in [5.74, 6) is -0.214. The SMILES string of the molecule is CC(Br)c1ccc(Br)c(F)c1. The van der Waals surface area contributed by atoms with Crippen molar-refractivity contribution in [2.45, 2.75) is 11.8 Å². The molecule has 0 fully saturated rings. The van der Waals surface area contributed by atoms with E-state index in [1.54, 1.807) is 6.07 Å². The highest BCUT2D eigenvalue weighted by Gasteiger charge is 2.03. The van der Waals surface area contributed by atoms with Gasteiger partial charge in [-0.05, 0) is 40.5 Å². The van der Waals surface area contributed by atoms with Gasteiger partial charge in [0.2, 0.25) is 0 Å². The van der Waals surface area contributed by atoms with Crippen LogP contribution in [0.15, 0.2) is 22.7 Å². The first-order valence-corrected chi connectivity index (χ1v) is 4.91. The van der Waals surface area contributed by atoms with Gasteiger partial charge in [0.25, 0.3) is 0 Å². The van der Waals surface area contributed by atoms with Crippen molar-refractivity contribution in [2.24, 2.45) is 0 Å². The molecule has 0 bridgehead atoms. The van der Waals surface area contributed by atoms with Gasteiger partial charge < -0.3 is 0 Å². The Morgan fingerprint density at radius 2 is 2.09 bits per heavy atom. The minimum atomic E-state index is -0.214. The zero-order chi connectivity index (χ0) is 8.43. The van der Waals surface area contributed by atoms with Crippen LogP contribution in [0.5, 0.6) is 0 Å². The molecule has 0 nitrogen and oxygen atoms in total. The van der Waals surface area contributed by atoms with Crippen molar-refractivity contribution in [1.29, 1.82) is 0 Å². The van der Waals surface area contributed by atoms with E-state index in [4.69, 9.17) is 0 Å². The second kappa shape index (κ2) is 3.68. The van der Waals surface area contributed by atoms with E-state index in [0.717, 1.165) is 5.56 Å². The highest BCUT2D eigenvalue weighted by Crippen LogP contribution is 2.25. The van der Waals surface area contributed by atoms with Gasteiger partial charge in [0.05, 0.1) is 4.47 Å². The normalized spacial score (nSPS) is 13.1. The second-order valence-corrected chi connectivity index (χ2v) is 4.52. The molecule has 0 radical (unpaired) electrons. The van der Waals surface area contributed by atoms with Crippen LogP contribution in [0.2, 0.25) is 0 Å². The van der Waals surface area contributed by atoms with E-state index < -0.39 is 0 Å². The Morgan fingerprint density at radius 3 is 2.55 bits per heavy atom. The molecule has 1 unspecified atom stereocenters. The Kier molecular flexibility index (Phi) is 3.07. The first kappa shape index (κ1) is 9.20. The molecule has 0 aliphatic rings. The highest BCUT2D eigenvalue weighted by molar-refractivity contribution is 9.10. The molecule has 0 aliphatic carbocycles. The Labute approximate surface area is 82.1 Å². The Bertz CT molecular complexity index is 258. The summed E-state index contributed by atoms with van der Waals surface area (Å²) < 4.78 is 13.4. The summed E-state index contributed by atoms with van der Waals surface area (Å²) in [5, 5.41) is 0. The van der Waals surface area contributed by atoms with Gasteiger partial charge in [0, 0.05) is 4.83 Å². The fraction of sp³-hybridized carbons (Fsp3) is 0.250. The summed E-state index contributed by atoms with van der Waals surface area (Å²) in [7, 11) is 0. The average Bonchev–Trinajstić information content (AvgIpc) is 1.94. The van der Waals surface area contributed by atoms with E-state index in [9.17, 15) is 4.39 Å². The molecule has 0 saturated heterocycles. The van der Waals surface area contributed by atoms with E-state index >= 15 is 0 Å². The van der Waals surface area contributed by atoms with Crippen molar-refractivity contribution in [1.82, 2.24) is 0 Å². The molecule has 1 aromatic carbocycles. The van der Waals surface area contributed by atoms with Crippen LogP contribution in [0.25, 0.3) is 0 Å². The van der Waals surface area contributed by atoms with E-state index in [1.165, 1.54) is 6.07 Å². The molecule has 1 rings (SSSR count). The van der Waals surface area contributed by atoms with Crippen molar-refractivity contribution < 1.29 is 4.39 Å². The van der Waals surface area contributed by atoms with E-state index in [0.29, 0.717) is 4.47 Å². The summed E-state index contributed by atoms with van der Waals surface area (Å²) in [6.45, 7) is 1.96. The average molecular weight is 282 g/mol. The largest absolute Gasteiger partial charge is 0.206 e. The summed E-state index contributed by atoms with van der Waals surface area (Å²) in [6, 6.07) is 5.11. The van der Waals surface area contributed by atoms with Crippen LogP contribution in [0.3, 0.4) is 0 Å². The number of rotatable bonds is 1. The number of halogens is 3. The lowest BCUT2D eigenvalue weighted by Crippen LogP contribution is -1.85. The summed E-state index contributed by atoms with van der Waals surface area (Å²) in [5.41, 5.74) is 0.950. The molecule has 1 atom stereocenters. The molecule has 0 amide bonds. The minimum absolute atomic E-state index is 0.199. The second-order valence-electron chi connectivity index (χ2n) is 2.29. The fourth-order valence-corrected chi connectivity index (χ4v) is 1.29. The van der Waals surface area contributed by atoms with Gasteiger partial charge in [-0.1, -0.05) is 22.0 Å². The third-order valence-electron chi connectivity index (χ3n) is 1.40. The highest BCUT2D eigenvalue weighted by atomic mass is 79.9. The lowest BCUT2D eigenvalue weighted by molar-refractivity contribution is 0.619. The van der Waals surface area contributed by atoms with Crippen molar-refractivity contribution in [3.63, 3.8) is 0 Å². The van der Waals surface area contributed by atoms with Gasteiger partial charge >= 0.3 is 0 Å². The predicted octanol–water partition coefficient (Wildman–Crippen LogP) is 4.04. The van der Waals surface area contributed by atoms with Crippen molar-refractivity contribution in [3.05, 3.63) is 34.1 Å². The molecule has 0 aliphatic heterocycles. The lowest BCUT2D eigenvalue weighted by Gasteiger charge is -2.03. The third-order valence-corrected chi connectivity index (χ3v) is 2.57. The van der Waals surface area contributed by atoms with Crippen LogP contribution in [0.4, 0.5) is 4.39 Å². The van der Waals surface area contributed by atoms with Gasteiger partial charge in [0.1, 0.15) is 5.82 Å². The molecule has 0 spiro atoms. The summed E-state index contributed by atoms with van der Waals surface area (Å²) >= 11 is 6.45. The lowest BCUT2D eigenvalue weighted by atomic mass is 10.2. The monoisotopic (exact) mass is 280 g/mol. The van der Waals surface area contributed by atoms with Crippen LogP contribution in [-0.4, -0.2) is 0 Å². The maximum absolute atomic E-state index is 12.9. The molecule has 0 aromatic heterocycles. The predicted molar refractivity (Wildman–Crippen MR) is 51.4 cm³/mol. The Morgan fingerprint density at radius 1 is 1.45 bits per heavy atom. The molecular weight excluding hydrogens is 275 g/mol. The maximum atomic E-state index is 12.9. The number of hydrogen-bond acceptors (Lipinski definition) is 0. The first-order valence-electron chi connectivity index (χ1n) is 3.20. The molecule has 0 N–H and O–H groups in total. The first-order chi connectivity index (χ1) is 5.11. The standard InChI is InChI=1S/C8H7Br2F/c1-5(9)6-2-3-7(10)8(11)4-6/h2-5H,1H3. The van der Waals surface area contributed by atoms with E-state index in [1.807, 2.05) is 13.0 Å². The van der Waals surface area contributed by atoms with Gasteiger partial charge in [-0.15, -0.1) is 0 Å². The van der Waals surface area contributed by atoms with Crippen LogP contribution >= 0.6 is 31.9 Å². The van der Waals surface area contributed by atoms with Gasteiger partial charge in [-0.25, -0.2) is 4.39 Å². The molecule has 1 aromatic rings. The minimum Gasteiger partial charge on any atom is -0.206 e. The van der Waals surface area contributed by atoms with Crippen molar-refractivity contribution in [3.8, 4) is 0 Å². The van der Waals surface area contributed by atoms with Crippen LogP contribution in [0.1, 0.15) is 17.3 Å². The summed E-state index contributed by atoms with van der Waals surface area (Å²) in [4.78, 5) is 0.199. The molecule has 60 valence electrons. The molecule has 3 heteroatoms. The fourth-order valence-electron chi connectivity index (χ4n) is 0.760. The quantitative estimate of drug-likeness (QED) is 0.682. The third kappa shape index (κ3) is 2.27. The van der Waals surface area contributed by atoms with E-state index in [2.05, 4.69) is 31.9 Å². The van der Waals surface area contributed by atoms with Crippen LogP contribution < -0.4 is 0 Å². The van der Waals surface area contributed by atoms with Crippen molar-refractivity contribution in [2.75, 3.05) is 0 Å². The van der Waals surface area contributed by atoms with E-state index in [-0.39, 0.29) is 10.6 Å². The Balaban J connectivity index is 3.05. The van der Waals surface area contributed by atoms with Gasteiger partial charge in [-0.2, -0.15) is 0 Å².